The van der Waals surface area contributed by atoms with E-state index in [4.69, 9.17) is 0 Å². The molecular formula is C6H6N2O2S. The molecule has 0 aliphatic heterocycles. The molecule has 0 atom stereocenters. The van der Waals surface area contributed by atoms with Gasteiger partial charge >= 0.3 is 0 Å². The standard InChI is InChI=1S/C6H6N2O2S/c1-5(8(9)10)2-6-3-11-4-7-6/h2-4H,1H3. The average Bonchev–Trinajstić information content (AvgIpc) is 2.39. The first-order valence-electron chi connectivity index (χ1n) is 2.91. The molecule has 0 aromatic carbocycles. The van der Waals surface area contributed by atoms with Crippen molar-refractivity contribution in [2.24, 2.45) is 0 Å². The van der Waals surface area contributed by atoms with Gasteiger partial charge in [0, 0.05) is 18.4 Å². The van der Waals surface area contributed by atoms with E-state index in [1.165, 1.54) is 24.3 Å². The van der Waals surface area contributed by atoms with Crippen LogP contribution in [-0.4, -0.2) is 9.91 Å². The van der Waals surface area contributed by atoms with Gasteiger partial charge in [-0.25, -0.2) is 4.98 Å². The van der Waals surface area contributed by atoms with Crippen LogP contribution in [-0.2, 0) is 0 Å². The van der Waals surface area contributed by atoms with Crippen LogP contribution in [0, 0.1) is 10.1 Å². The second-order valence-electron chi connectivity index (χ2n) is 1.96. The predicted molar refractivity (Wildman–Crippen MR) is 42.8 cm³/mol. The Balaban J connectivity index is 2.82. The third kappa shape index (κ3) is 2.12. The van der Waals surface area contributed by atoms with Gasteiger partial charge in [-0.3, -0.25) is 10.1 Å². The van der Waals surface area contributed by atoms with E-state index in [0.717, 1.165) is 0 Å². The number of allylic oxidation sites excluding steroid dienone is 1. The van der Waals surface area contributed by atoms with Crippen molar-refractivity contribution in [3.05, 3.63) is 32.4 Å². The zero-order chi connectivity index (χ0) is 8.27. The minimum Gasteiger partial charge on any atom is -0.259 e. The minimum atomic E-state index is -0.431. The van der Waals surface area contributed by atoms with Gasteiger partial charge in [-0.05, 0) is 0 Å². The first kappa shape index (κ1) is 7.87. The van der Waals surface area contributed by atoms with Crippen LogP contribution in [0.2, 0.25) is 0 Å². The Labute approximate surface area is 67.3 Å². The first-order valence-corrected chi connectivity index (χ1v) is 3.85. The second kappa shape index (κ2) is 3.25. The van der Waals surface area contributed by atoms with Gasteiger partial charge in [0.2, 0.25) is 5.70 Å². The van der Waals surface area contributed by atoms with Crippen molar-refractivity contribution in [2.75, 3.05) is 0 Å². The van der Waals surface area contributed by atoms with E-state index in [1.807, 2.05) is 0 Å². The molecule has 1 heterocycles. The molecule has 0 amide bonds. The van der Waals surface area contributed by atoms with Crippen molar-refractivity contribution < 1.29 is 4.92 Å². The van der Waals surface area contributed by atoms with E-state index in [2.05, 4.69) is 4.98 Å². The Hall–Kier alpha value is -1.23. The van der Waals surface area contributed by atoms with Crippen LogP contribution in [0.15, 0.2) is 16.6 Å². The zero-order valence-electron chi connectivity index (χ0n) is 5.85. The van der Waals surface area contributed by atoms with Gasteiger partial charge in [0.25, 0.3) is 0 Å². The summed E-state index contributed by atoms with van der Waals surface area (Å²) in [6, 6.07) is 0. The Bertz CT molecular complexity index is 279. The number of hydrogen-bond donors (Lipinski definition) is 0. The largest absolute Gasteiger partial charge is 0.259 e. The fraction of sp³-hybridized carbons (Fsp3) is 0.167. The third-order valence-electron chi connectivity index (χ3n) is 1.10. The smallest absolute Gasteiger partial charge is 0.245 e. The summed E-state index contributed by atoms with van der Waals surface area (Å²) < 4.78 is 0. The van der Waals surface area contributed by atoms with E-state index < -0.39 is 4.92 Å². The van der Waals surface area contributed by atoms with E-state index in [9.17, 15) is 10.1 Å². The molecule has 0 fully saturated rings. The maximum atomic E-state index is 10.1. The van der Waals surface area contributed by atoms with E-state index >= 15 is 0 Å². The van der Waals surface area contributed by atoms with Crippen molar-refractivity contribution in [3.8, 4) is 0 Å². The lowest BCUT2D eigenvalue weighted by atomic mass is 10.4. The SMILES string of the molecule is CC(=Cc1cscn1)[N+](=O)[O-]. The molecule has 1 aromatic rings. The van der Waals surface area contributed by atoms with Crippen LogP contribution in [0.25, 0.3) is 6.08 Å². The number of nitro groups is 1. The van der Waals surface area contributed by atoms with Crippen LogP contribution in [0.1, 0.15) is 12.6 Å². The molecule has 11 heavy (non-hydrogen) atoms. The summed E-state index contributed by atoms with van der Waals surface area (Å²) in [6.45, 7) is 1.44. The van der Waals surface area contributed by atoms with Gasteiger partial charge in [-0.2, -0.15) is 0 Å². The maximum Gasteiger partial charge on any atom is 0.245 e. The van der Waals surface area contributed by atoms with Crippen LogP contribution < -0.4 is 0 Å². The molecule has 0 saturated carbocycles. The monoisotopic (exact) mass is 170 g/mol. The minimum absolute atomic E-state index is 0.107. The molecule has 0 unspecified atom stereocenters. The number of thiazole rings is 1. The van der Waals surface area contributed by atoms with Crippen LogP contribution in [0.4, 0.5) is 0 Å². The summed E-state index contributed by atoms with van der Waals surface area (Å²) in [5.41, 5.74) is 2.39. The van der Waals surface area contributed by atoms with Crippen LogP contribution in [0.5, 0.6) is 0 Å². The van der Waals surface area contributed by atoms with Crippen LogP contribution >= 0.6 is 11.3 Å². The maximum absolute atomic E-state index is 10.1. The average molecular weight is 170 g/mol. The molecule has 58 valence electrons. The quantitative estimate of drug-likeness (QED) is 0.502. The summed E-state index contributed by atoms with van der Waals surface area (Å²) in [7, 11) is 0. The van der Waals surface area contributed by atoms with Crippen molar-refractivity contribution in [3.63, 3.8) is 0 Å². The summed E-state index contributed by atoms with van der Waals surface area (Å²) in [6.07, 6.45) is 1.44. The molecule has 0 radical (unpaired) electrons. The highest BCUT2D eigenvalue weighted by atomic mass is 32.1. The molecule has 1 aromatic heterocycles. The van der Waals surface area contributed by atoms with Gasteiger partial charge in [0.05, 0.1) is 16.1 Å². The van der Waals surface area contributed by atoms with Gasteiger partial charge in [0.15, 0.2) is 0 Å². The molecule has 4 nitrogen and oxygen atoms in total. The second-order valence-corrected chi connectivity index (χ2v) is 2.67. The molecule has 0 saturated heterocycles. The van der Waals surface area contributed by atoms with Gasteiger partial charge in [0.1, 0.15) is 0 Å². The predicted octanol–water partition coefficient (Wildman–Crippen LogP) is 1.78. The lowest BCUT2D eigenvalue weighted by Gasteiger charge is -1.85. The van der Waals surface area contributed by atoms with Crippen LogP contribution in [0.3, 0.4) is 0 Å². The van der Waals surface area contributed by atoms with E-state index in [0.29, 0.717) is 5.69 Å². The van der Waals surface area contributed by atoms with Gasteiger partial charge < -0.3 is 0 Å². The Morgan fingerprint density at radius 2 is 2.64 bits per heavy atom. The molecule has 0 aliphatic carbocycles. The first-order chi connectivity index (χ1) is 5.20. The van der Waals surface area contributed by atoms with Crippen molar-refractivity contribution >= 4 is 17.4 Å². The van der Waals surface area contributed by atoms with Crippen molar-refractivity contribution in [1.29, 1.82) is 0 Å². The topological polar surface area (TPSA) is 56.0 Å². The molecule has 0 aliphatic rings. The highest BCUT2D eigenvalue weighted by Crippen LogP contribution is 2.06. The summed E-state index contributed by atoms with van der Waals surface area (Å²) in [4.78, 5) is 13.6. The molecule has 1 rings (SSSR count). The Morgan fingerprint density at radius 3 is 3.09 bits per heavy atom. The molecule has 0 N–H and O–H groups in total. The Morgan fingerprint density at radius 1 is 1.91 bits per heavy atom. The number of hydrogen-bond acceptors (Lipinski definition) is 4. The van der Waals surface area contributed by atoms with E-state index in [1.54, 1.807) is 10.9 Å². The molecule has 0 spiro atoms. The van der Waals surface area contributed by atoms with Crippen molar-refractivity contribution in [2.45, 2.75) is 6.92 Å². The molecule has 0 bridgehead atoms. The Kier molecular flexibility index (Phi) is 2.32. The molecular weight excluding hydrogens is 164 g/mol. The zero-order valence-corrected chi connectivity index (χ0v) is 6.67. The normalized spacial score (nSPS) is 11.5. The number of aromatic nitrogens is 1. The highest BCUT2D eigenvalue weighted by molar-refractivity contribution is 7.07. The van der Waals surface area contributed by atoms with Crippen molar-refractivity contribution in [1.82, 2.24) is 4.98 Å². The van der Waals surface area contributed by atoms with Gasteiger partial charge in [-0.15, -0.1) is 11.3 Å². The fourth-order valence-corrected chi connectivity index (χ4v) is 1.07. The van der Waals surface area contributed by atoms with Gasteiger partial charge in [-0.1, -0.05) is 0 Å². The summed E-state index contributed by atoms with van der Waals surface area (Å²) >= 11 is 1.41. The number of nitrogens with zero attached hydrogens (tertiary/aromatic N) is 2. The summed E-state index contributed by atoms with van der Waals surface area (Å²) in [5.74, 6) is 0. The highest BCUT2D eigenvalue weighted by Gasteiger charge is 2.01. The fourth-order valence-electron chi connectivity index (χ4n) is 0.560. The lowest BCUT2D eigenvalue weighted by molar-refractivity contribution is -0.422. The lowest BCUT2D eigenvalue weighted by Crippen LogP contribution is -1.92. The summed E-state index contributed by atoms with van der Waals surface area (Å²) in [5, 5.41) is 11.9. The third-order valence-corrected chi connectivity index (χ3v) is 1.70. The van der Waals surface area contributed by atoms with E-state index in [-0.39, 0.29) is 5.70 Å². The molecule has 5 heteroatoms. The number of rotatable bonds is 2.